The smallest absolute Gasteiger partial charge is 0.256 e. The van der Waals surface area contributed by atoms with Crippen molar-refractivity contribution in [1.82, 2.24) is 4.90 Å². The van der Waals surface area contributed by atoms with E-state index in [2.05, 4.69) is 15.9 Å². The van der Waals surface area contributed by atoms with Crippen molar-refractivity contribution in [3.05, 3.63) is 68.9 Å². The lowest BCUT2D eigenvalue weighted by molar-refractivity contribution is 0.0780. The zero-order valence-corrected chi connectivity index (χ0v) is 13.1. The summed E-state index contributed by atoms with van der Waals surface area (Å²) < 4.78 is 14.7. The maximum Gasteiger partial charge on any atom is 0.256 e. The summed E-state index contributed by atoms with van der Waals surface area (Å²) in [7, 11) is 1.64. The largest absolute Gasteiger partial charge is 0.337 e. The van der Waals surface area contributed by atoms with Crippen LogP contribution in [0.25, 0.3) is 0 Å². The van der Waals surface area contributed by atoms with E-state index in [9.17, 15) is 9.18 Å². The van der Waals surface area contributed by atoms with Crippen molar-refractivity contribution in [2.75, 3.05) is 7.05 Å². The molecule has 0 bridgehead atoms. The summed E-state index contributed by atoms with van der Waals surface area (Å²) in [5, 5.41) is 0.273. The number of amides is 1. The SMILES string of the molecule is CN(Cc1ccc(Br)cc1)C(=O)c1ccc(Cl)cc1F. The number of hydrogen-bond donors (Lipinski definition) is 0. The van der Waals surface area contributed by atoms with Crippen molar-refractivity contribution in [2.24, 2.45) is 0 Å². The molecule has 0 saturated carbocycles. The second-order valence-corrected chi connectivity index (χ2v) is 5.76. The quantitative estimate of drug-likeness (QED) is 0.792. The third-order valence-electron chi connectivity index (χ3n) is 2.84. The highest BCUT2D eigenvalue weighted by Crippen LogP contribution is 2.17. The molecule has 0 aliphatic carbocycles. The van der Waals surface area contributed by atoms with Gasteiger partial charge < -0.3 is 4.90 Å². The van der Waals surface area contributed by atoms with E-state index in [1.807, 2.05) is 24.3 Å². The minimum Gasteiger partial charge on any atom is -0.337 e. The van der Waals surface area contributed by atoms with Crippen LogP contribution < -0.4 is 0 Å². The number of rotatable bonds is 3. The lowest BCUT2D eigenvalue weighted by atomic mass is 10.1. The van der Waals surface area contributed by atoms with Crippen LogP contribution in [0.3, 0.4) is 0 Å². The van der Waals surface area contributed by atoms with Gasteiger partial charge in [0.25, 0.3) is 5.91 Å². The van der Waals surface area contributed by atoms with E-state index < -0.39 is 5.82 Å². The van der Waals surface area contributed by atoms with Crippen LogP contribution in [0.5, 0.6) is 0 Å². The molecule has 0 aliphatic heterocycles. The van der Waals surface area contributed by atoms with Gasteiger partial charge in [-0.3, -0.25) is 4.79 Å². The lowest BCUT2D eigenvalue weighted by Crippen LogP contribution is -2.27. The summed E-state index contributed by atoms with van der Waals surface area (Å²) in [6.07, 6.45) is 0. The third-order valence-corrected chi connectivity index (χ3v) is 3.61. The first-order chi connectivity index (χ1) is 9.47. The highest BCUT2D eigenvalue weighted by Gasteiger charge is 2.16. The molecule has 0 spiro atoms. The summed E-state index contributed by atoms with van der Waals surface area (Å²) >= 11 is 9.03. The molecule has 0 saturated heterocycles. The maximum atomic E-state index is 13.7. The van der Waals surface area contributed by atoms with Gasteiger partial charge in [-0.15, -0.1) is 0 Å². The molecule has 2 nitrogen and oxygen atoms in total. The van der Waals surface area contributed by atoms with Gasteiger partial charge in [0, 0.05) is 23.1 Å². The highest BCUT2D eigenvalue weighted by atomic mass is 79.9. The molecule has 0 unspecified atom stereocenters. The second-order valence-electron chi connectivity index (χ2n) is 4.41. The first-order valence-corrected chi connectivity index (χ1v) is 7.09. The number of nitrogens with zero attached hydrogens (tertiary/aromatic N) is 1. The molecule has 2 aromatic rings. The molecule has 0 aliphatic rings. The molecule has 20 heavy (non-hydrogen) atoms. The summed E-state index contributed by atoms with van der Waals surface area (Å²) in [5.41, 5.74) is 0.993. The zero-order chi connectivity index (χ0) is 14.7. The molecule has 0 heterocycles. The fourth-order valence-corrected chi connectivity index (χ4v) is 2.23. The van der Waals surface area contributed by atoms with Gasteiger partial charge in [0.2, 0.25) is 0 Å². The summed E-state index contributed by atoms with van der Waals surface area (Å²) in [5.74, 6) is -0.979. The first kappa shape index (κ1) is 15.0. The van der Waals surface area contributed by atoms with E-state index in [1.165, 1.54) is 17.0 Å². The Kier molecular flexibility index (Phi) is 4.78. The average molecular weight is 357 g/mol. The Hall–Kier alpha value is -1.39. The maximum absolute atomic E-state index is 13.7. The van der Waals surface area contributed by atoms with Gasteiger partial charge in [-0.25, -0.2) is 4.39 Å². The molecule has 0 N–H and O–H groups in total. The van der Waals surface area contributed by atoms with Crippen LogP contribution in [-0.4, -0.2) is 17.9 Å². The highest BCUT2D eigenvalue weighted by molar-refractivity contribution is 9.10. The zero-order valence-electron chi connectivity index (χ0n) is 10.7. The summed E-state index contributed by atoms with van der Waals surface area (Å²) in [6, 6.07) is 11.7. The number of carbonyl (C=O) groups excluding carboxylic acids is 1. The fraction of sp³-hybridized carbons (Fsp3) is 0.133. The molecule has 2 aromatic carbocycles. The number of halogens is 3. The molecule has 5 heteroatoms. The Morgan fingerprint density at radius 1 is 1.25 bits per heavy atom. The van der Waals surface area contributed by atoms with Crippen molar-refractivity contribution in [2.45, 2.75) is 6.54 Å². The molecule has 104 valence electrons. The van der Waals surface area contributed by atoms with E-state index in [4.69, 9.17) is 11.6 Å². The number of hydrogen-bond acceptors (Lipinski definition) is 1. The molecule has 2 rings (SSSR count). The Bertz CT molecular complexity index is 630. The van der Waals surface area contributed by atoms with E-state index >= 15 is 0 Å². The molecule has 0 aromatic heterocycles. The Balaban J connectivity index is 2.14. The second kappa shape index (κ2) is 6.37. The van der Waals surface area contributed by atoms with Crippen LogP contribution in [0, 0.1) is 5.82 Å². The van der Waals surface area contributed by atoms with Crippen molar-refractivity contribution >= 4 is 33.4 Å². The van der Waals surface area contributed by atoms with Gasteiger partial charge in [0.1, 0.15) is 5.82 Å². The van der Waals surface area contributed by atoms with E-state index in [0.29, 0.717) is 6.54 Å². The standard InChI is InChI=1S/C15H12BrClFNO/c1-19(9-10-2-4-11(16)5-3-10)15(20)13-7-6-12(17)8-14(13)18/h2-8H,9H2,1H3. The van der Waals surface area contributed by atoms with E-state index in [-0.39, 0.29) is 16.5 Å². The summed E-state index contributed by atoms with van der Waals surface area (Å²) in [4.78, 5) is 13.6. The Morgan fingerprint density at radius 3 is 2.50 bits per heavy atom. The van der Waals surface area contributed by atoms with Crippen LogP contribution in [0.4, 0.5) is 4.39 Å². The normalized spacial score (nSPS) is 10.4. The van der Waals surface area contributed by atoms with Gasteiger partial charge in [0.15, 0.2) is 0 Å². The number of benzene rings is 2. The van der Waals surface area contributed by atoms with Crippen molar-refractivity contribution < 1.29 is 9.18 Å². The predicted molar refractivity (Wildman–Crippen MR) is 81.3 cm³/mol. The van der Waals surface area contributed by atoms with Gasteiger partial charge in [0.05, 0.1) is 5.56 Å². The molecule has 0 fully saturated rings. The molecular weight excluding hydrogens is 345 g/mol. The van der Waals surface area contributed by atoms with Gasteiger partial charge in [-0.1, -0.05) is 39.7 Å². The first-order valence-electron chi connectivity index (χ1n) is 5.92. The Morgan fingerprint density at radius 2 is 1.90 bits per heavy atom. The minimum absolute atomic E-state index is 0.0222. The van der Waals surface area contributed by atoms with Crippen LogP contribution in [0.15, 0.2) is 46.9 Å². The predicted octanol–water partition coefficient (Wildman–Crippen LogP) is 4.51. The van der Waals surface area contributed by atoms with E-state index in [0.717, 1.165) is 16.1 Å². The minimum atomic E-state index is -0.606. The lowest BCUT2D eigenvalue weighted by Gasteiger charge is -2.17. The van der Waals surface area contributed by atoms with Crippen molar-refractivity contribution in [1.29, 1.82) is 0 Å². The van der Waals surface area contributed by atoms with Crippen molar-refractivity contribution in [3.63, 3.8) is 0 Å². The topological polar surface area (TPSA) is 20.3 Å². The molecule has 0 radical (unpaired) electrons. The van der Waals surface area contributed by atoms with Gasteiger partial charge >= 0.3 is 0 Å². The molecule has 1 amide bonds. The van der Waals surface area contributed by atoms with E-state index in [1.54, 1.807) is 7.05 Å². The monoisotopic (exact) mass is 355 g/mol. The van der Waals surface area contributed by atoms with Gasteiger partial charge in [-0.05, 0) is 35.9 Å². The van der Waals surface area contributed by atoms with Crippen LogP contribution in [-0.2, 0) is 6.54 Å². The molecular formula is C15H12BrClFNO. The average Bonchev–Trinajstić information content (AvgIpc) is 2.40. The van der Waals surface area contributed by atoms with Crippen LogP contribution in [0.2, 0.25) is 5.02 Å². The Labute approximate surface area is 130 Å². The van der Waals surface area contributed by atoms with Crippen molar-refractivity contribution in [3.8, 4) is 0 Å². The van der Waals surface area contributed by atoms with Crippen LogP contribution >= 0.6 is 27.5 Å². The van der Waals surface area contributed by atoms with Crippen LogP contribution in [0.1, 0.15) is 15.9 Å². The third kappa shape index (κ3) is 3.58. The van der Waals surface area contributed by atoms with Gasteiger partial charge in [-0.2, -0.15) is 0 Å². The fourth-order valence-electron chi connectivity index (χ4n) is 1.80. The summed E-state index contributed by atoms with van der Waals surface area (Å²) in [6.45, 7) is 0.411. The molecule has 0 atom stereocenters. The number of carbonyl (C=O) groups is 1.